The van der Waals surface area contributed by atoms with E-state index in [1.165, 1.54) is 5.69 Å². The number of carbonyl (C=O) groups is 1. The number of morpholine rings is 1. The van der Waals surface area contributed by atoms with Gasteiger partial charge in [0.15, 0.2) is 0 Å². The minimum absolute atomic E-state index is 0.297. The number of aryl methyl sites for hydroxylation is 2. The van der Waals surface area contributed by atoms with Gasteiger partial charge in [-0.15, -0.1) is 0 Å². The van der Waals surface area contributed by atoms with Crippen LogP contribution in [0.25, 0.3) is 32.8 Å². The van der Waals surface area contributed by atoms with Crippen molar-refractivity contribution in [2.75, 3.05) is 52.7 Å². The lowest BCUT2D eigenvalue weighted by Gasteiger charge is -2.26. The molecule has 9 heteroatoms. The molecule has 0 atom stereocenters. The van der Waals surface area contributed by atoms with Crippen molar-refractivity contribution in [3.8, 4) is 16.9 Å². The van der Waals surface area contributed by atoms with Crippen molar-refractivity contribution in [1.29, 1.82) is 0 Å². The van der Waals surface area contributed by atoms with Crippen molar-refractivity contribution in [3.05, 3.63) is 95.0 Å². The molecular formula is C41H48N4O5. The number of benzene rings is 3. The van der Waals surface area contributed by atoms with Gasteiger partial charge in [-0.3, -0.25) is 9.58 Å². The quantitative estimate of drug-likeness (QED) is 0.0837. The van der Waals surface area contributed by atoms with E-state index in [-0.39, 0.29) is 5.97 Å². The average molecular weight is 677 g/mol. The summed E-state index contributed by atoms with van der Waals surface area (Å²) in [6.45, 7) is 13.6. The number of allylic oxidation sites excluding steroid dienone is 1. The van der Waals surface area contributed by atoms with Gasteiger partial charge in [-0.1, -0.05) is 67.6 Å². The standard InChI is InChI=1S/C41H48N4O5/c1-4-35-38-34(42-45(35)21-20-43-22-26-47-27-23-43)28-48-24-9-8-19-44-39-33(18-17-29(3)37(38)39)32(40(44)41(46)49-5-2)15-11-25-50-36-16-10-13-30-12-6-7-14-31(30)36/h6-10,12-14,16-18H,4-5,11,15,19-28H2,1-3H3/b9-8-. The van der Waals surface area contributed by atoms with Crippen LogP contribution in [0.3, 0.4) is 0 Å². The minimum Gasteiger partial charge on any atom is -0.493 e. The van der Waals surface area contributed by atoms with E-state index < -0.39 is 0 Å². The summed E-state index contributed by atoms with van der Waals surface area (Å²) in [5.74, 6) is 0.579. The third kappa shape index (κ3) is 6.82. The molecule has 2 aliphatic heterocycles. The van der Waals surface area contributed by atoms with Crippen LogP contribution in [0, 0.1) is 6.92 Å². The maximum absolute atomic E-state index is 13.9. The number of nitrogens with zero attached hydrogens (tertiary/aromatic N) is 4. The fourth-order valence-electron chi connectivity index (χ4n) is 7.57. The van der Waals surface area contributed by atoms with Crippen LogP contribution in [0.5, 0.6) is 5.75 Å². The van der Waals surface area contributed by atoms with Gasteiger partial charge in [0.25, 0.3) is 0 Å². The van der Waals surface area contributed by atoms with Crippen molar-refractivity contribution in [2.45, 2.75) is 59.7 Å². The Balaban J connectivity index is 1.31. The molecule has 0 aliphatic carbocycles. The molecule has 1 fully saturated rings. The molecule has 1 saturated heterocycles. The first-order valence-electron chi connectivity index (χ1n) is 18.1. The molecule has 0 radical (unpaired) electrons. The zero-order valence-electron chi connectivity index (χ0n) is 29.6. The monoisotopic (exact) mass is 676 g/mol. The van der Waals surface area contributed by atoms with E-state index in [0.29, 0.717) is 45.1 Å². The highest BCUT2D eigenvalue weighted by Gasteiger charge is 2.29. The second-order valence-electron chi connectivity index (χ2n) is 13.0. The summed E-state index contributed by atoms with van der Waals surface area (Å²) in [5, 5.41) is 8.54. The van der Waals surface area contributed by atoms with Gasteiger partial charge in [-0.2, -0.15) is 5.10 Å². The molecule has 50 heavy (non-hydrogen) atoms. The Morgan fingerprint density at radius 2 is 1.76 bits per heavy atom. The fraction of sp³-hybridized carbons (Fsp3) is 0.415. The lowest BCUT2D eigenvalue weighted by molar-refractivity contribution is 0.0358. The van der Waals surface area contributed by atoms with E-state index in [0.717, 1.165) is 108 Å². The second-order valence-corrected chi connectivity index (χ2v) is 13.0. The van der Waals surface area contributed by atoms with E-state index in [2.05, 4.69) is 64.4 Å². The topological polar surface area (TPSA) is 80.0 Å². The summed E-state index contributed by atoms with van der Waals surface area (Å²) in [4.78, 5) is 16.4. The largest absolute Gasteiger partial charge is 0.493 e. The number of ether oxygens (including phenoxy) is 4. The molecule has 0 unspecified atom stereocenters. The number of carbonyl (C=O) groups excluding carboxylic acids is 1. The van der Waals surface area contributed by atoms with E-state index >= 15 is 0 Å². The van der Waals surface area contributed by atoms with Crippen LogP contribution in [-0.2, 0) is 46.7 Å². The van der Waals surface area contributed by atoms with E-state index in [9.17, 15) is 4.79 Å². The van der Waals surface area contributed by atoms with Crippen LogP contribution in [-0.4, -0.2) is 77.9 Å². The summed E-state index contributed by atoms with van der Waals surface area (Å²) in [6, 6.07) is 18.8. The Morgan fingerprint density at radius 3 is 2.60 bits per heavy atom. The predicted molar refractivity (Wildman–Crippen MR) is 197 cm³/mol. The third-order valence-electron chi connectivity index (χ3n) is 9.94. The Morgan fingerprint density at radius 1 is 0.920 bits per heavy atom. The summed E-state index contributed by atoms with van der Waals surface area (Å²) in [5.41, 5.74) is 8.18. The average Bonchev–Trinajstić information content (AvgIpc) is 3.64. The Labute approximate surface area is 294 Å². The maximum atomic E-state index is 13.9. The molecule has 0 bridgehead atoms. The van der Waals surface area contributed by atoms with Crippen molar-refractivity contribution in [2.24, 2.45) is 0 Å². The van der Waals surface area contributed by atoms with Gasteiger partial charge in [0.2, 0.25) is 0 Å². The van der Waals surface area contributed by atoms with E-state index in [4.69, 9.17) is 24.0 Å². The highest BCUT2D eigenvalue weighted by atomic mass is 16.5. The highest BCUT2D eigenvalue weighted by molar-refractivity contribution is 6.06. The number of hydrogen-bond acceptors (Lipinski definition) is 7. The van der Waals surface area contributed by atoms with Crippen LogP contribution in [0.1, 0.15) is 53.3 Å². The van der Waals surface area contributed by atoms with Gasteiger partial charge in [-0.05, 0) is 55.7 Å². The van der Waals surface area contributed by atoms with Gasteiger partial charge < -0.3 is 23.5 Å². The van der Waals surface area contributed by atoms with Gasteiger partial charge >= 0.3 is 5.97 Å². The van der Waals surface area contributed by atoms with Gasteiger partial charge in [0.1, 0.15) is 11.4 Å². The van der Waals surface area contributed by atoms with Crippen molar-refractivity contribution in [3.63, 3.8) is 0 Å². The van der Waals surface area contributed by atoms with E-state index in [1.54, 1.807) is 0 Å². The van der Waals surface area contributed by atoms with Crippen LogP contribution in [0.2, 0.25) is 0 Å². The van der Waals surface area contributed by atoms with Crippen LogP contribution in [0.15, 0.2) is 66.7 Å². The summed E-state index contributed by atoms with van der Waals surface area (Å²) in [6.07, 6.45) is 6.36. The highest BCUT2D eigenvalue weighted by Crippen LogP contribution is 2.41. The molecule has 0 saturated carbocycles. The summed E-state index contributed by atoms with van der Waals surface area (Å²) < 4.78 is 28.2. The fourth-order valence-corrected chi connectivity index (χ4v) is 7.57. The zero-order valence-corrected chi connectivity index (χ0v) is 29.6. The van der Waals surface area contributed by atoms with Crippen LogP contribution in [0.4, 0.5) is 0 Å². The van der Waals surface area contributed by atoms with E-state index in [1.807, 2.05) is 37.3 Å². The van der Waals surface area contributed by atoms with Crippen molar-refractivity contribution >= 4 is 27.6 Å². The van der Waals surface area contributed by atoms with Crippen LogP contribution >= 0.6 is 0 Å². The van der Waals surface area contributed by atoms with Crippen molar-refractivity contribution < 1.29 is 23.7 Å². The number of hydrogen-bond donors (Lipinski definition) is 0. The Bertz CT molecular complexity index is 2000. The normalized spacial score (nSPS) is 15.9. The zero-order chi connectivity index (χ0) is 34.5. The molecule has 2 aromatic heterocycles. The number of esters is 1. The first-order valence-corrected chi connectivity index (χ1v) is 18.1. The van der Waals surface area contributed by atoms with Gasteiger partial charge in [0.05, 0.1) is 57.4 Å². The number of fused-ring (bicyclic) bond motifs is 3. The molecule has 3 aromatic carbocycles. The molecule has 0 N–H and O–H groups in total. The molecule has 0 amide bonds. The third-order valence-corrected chi connectivity index (χ3v) is 9.94. The van der Waals surface area contributed by atoms with Gasteiger partial charge in [-0.25, -0.2) is 4.79 Å². The first-order chi connectivity index (χ1) is 24.6. The lowest BCUT2D eigenvalue weighted by Crippen LogP contribution is -2.38. The minimum atomic E-state index is -0.297. The number of aromatic nitrogens is 3. The molecule has 7 rings (SSSR count). The van der Waals surface area contributed by atoms with Crippen LogP contribution < -0.4 is 4.74 Å². The first kappa shape index (κ1) is 34.0. The predicted octanol–water partition coefficient (Wildman–Crippen LogP) is 7.14. The Kier molecular flexibility index (Phi) is 10.6. The van der Waals surface area contributed by atoms with Crippen molar-refractivity contribution in [1.82, 2.24) is 19.2 Å². The molecule has 9 nitrogen and oxygen atoms in total. The smallest absolute Gasteiger partial charge is 0.355 e. The SMILES string of the molecule is CCOC(=O)c1c(CCCOc2cccc3ccccc23)c2ccc(C)c3c2n1C/C=C\COCc1nn(CCN2CCOCC2)c(CC)c1-3. The molecule has 262 valence electrons. The van der Waals surface area contributed by atoms with Gasteiger partial charge in [0, 0.05) is 53.8 Å². The molecule has 2 aliphatic rings. The Hall–Kier alpha value is -4.44. The summed E-state index contributed by atoms with van der Waals surface area (Å²) >= 11 is 0. The molecule has 5 aromatic rings. The molecule has 4 heterocycles. The number of rotatable bonds is 11. The molecular weight excluding hydrogens is 628 g/mol. The second kappa shape index (κ2) is 15.6. The molecule has 0 spiro atoms. The maximum Gasteiger partial charge on any atom is 0.355 e. The summed E-state index contributed by atoms with van der Waals surface area (Å²) in [7, 11) is 0. The lowest BCUT2D eigenvalue weighted by atomic mass is 9.93.